The van der Waals surface area contributed by atoms with E-state index in [2.05, 4.69) is 35.8 Å². The monoisotopic (exact) mass is 357 g/mol. The predicted molar refractivity (Wildman–Crippen MR) is 103 cm³/mol. The van der Waals surface area contributed by atoms with E-state index in [0.29, 0.717) is 6.54 Å². The summed E-state index contributed by atoms with van der Waals surface area (Å²) in [6, 6.07) is 14.3. The Kier molecular flexibility index (Phi) is 5.60. The molecule has 3 nitrogen and oxygen atoms in total. The number of ether oxygens (including phenoxy) is 1. The summed E-state index contributed by atoms with van der Waals surface area (Å²) < 4.78 is 5.90. The van der Waals surface area contributed by atoms with Gasteiger partial charge >= 0.3 is 0 Å². The van der Waals surface area contributed by atoms with Gasteiger partial charge in [0, 0.05) is 12.0 Å². The average Bonchev–Trinajstić information content (AvgIpc) is 3.36. The average molecular weight is 358 g/mol. The van der Waals surface area contributed by atoms with Gasteiger partial charge in [-0.05, 0) is 36.3 Å². The Bertz CT molecular complexity index is 671. The SMILES string of the molecule is CCC(CNC(=O)C1(c2cccs2)CCCC1)(OC)c1ccccc1. The fourth-order valence-electron chi connectivity index (χ4n) is 4.01. The summed E-state index contributed by atoms with van der Waals surface area (Å²) in [6.07, 6.45) is 4.92. The standard InChI is InChI=1S/C21H27NO2S/c1-3-21(24-2,17-10-5-4-6-11-17)16-22-19(23)20(13-7-8-14-20)18-12-9-15-25-18/h4-6,9-12,15H,3,7-8,13-14,16H2,1-2H3,(H,22,23). The molecule has 0 saturated heterocycles. The van der Waals surface area contributed by atoms with Crippen LogP contribution in [0.15, 0.2) is 47.8 Å². The Morgan fingerprint density at radius 1 is 1.20 bits per heavy atom. The van der Waals surface area contributed by atoms with Crippen molar-refractivity contribution in [2.24, 2.45) is 0 Å². The first-order valence-corrected chi connectivity index (χ1v) is 9.98. The summed E-state index contributed by atoms with van der Waals surface area (Å²) in [7, 11) is 1.73. The lowest BCUT2D eigenvalue weighted by molar-refractivity contribution is -0.128. The zero-order valence-corrected chi connectivity index (χ0v) is 15.9. The van der Waals surface area contributed by atoms with E-state index in [9.17, 15) is 4.79 Å². The molecule has 4 heteroatoms. The molecule has 1 aromatic carbocycles. The van der Waals surface area contributed by atoms with Crippen molar-refractivity contribution >= 4 is 17.2 Å². The van der Waals surface area contributed by atoms with Crippen LogP contribution in [-0.4, -0.2) is 19.6 Å². The van der Waals surface area contributed by atoms with Gasteiger partial charge in [-0.2, -0.15) is 0 Å². The molecule has 1 N–H and O–H groups in total. The highest BCUT2D eigenvalue weighted by Crippen LogP contribution is 2.43. The normalized spacial score (nSPS) is 18.6. The highest BCUT2D eigenvalue weighted by atomic mass is 32.1. The lowest BCUT2D eigenvalue weighted by Gasteiger charge is -2.34. The molecule has 0 bridgehead atoms. The highest BCUT2D eigenvalue weighted by molar-refractivity contribution is 7.10. The van der Waals surface area contributed by atoms with Crippen molar-refractivity contribution in [1.82, 2.24) is 5.32 Å². The van der Waals surface area contributed by atoms with E-state index >= 15 is 0 Å². The van der Waals surface area contributed by atoms with Crippen LogP contribution in [0.1, 0.15) is 49.5 Å². The third-order valence-corrected chi connectivity index (χ3v) is 6.75. The molecule has 1 aromatic heterocycles. The van der Waals surface area contributed by atoms with Crippen LogP contribution < -0.4 is 5.32 Å². The third kappa shape index (κ3) is 3.38. The molecule has 1 fully saturated rings. The minimum atomic E-state index is -0.480. The number of carbonyl (C=O) groups is 1. The molecular weight excluding hydrogens is 330 g/mol. The number of methoxy groups -OCH3 is 1. The molecule has 0 radical (unpaired) electrons. The largest absolute Gasteiger partial charge is 0.372 e. The Morgan fingerprint density at radius 3 is 2.48 bits per heavy atom. The molecule has 0 spiro atoms. The quantitative estimate of drug-likeness (QED) is 0.785. The van der Waals surface area contributed by atoms with Crippen LogP contribution in [0.2, 0.25) is 0 Å². The number of carbonyl (C=O) groups excluding carboxylic acids is 1. The molecule has 0 aliphatic heterocycles. The van der Waals surface area contributed by atoms with E-state index in [0.717, 1.165) is 37.7 Å². The van der Waals surface area contributed by atoms with E-state index in [1.807, 2.05) is 24.3 Å². The molecule has 3 rings (SSSR count). The number of hydrogen-bond acceptors (Lipinski definition) is 3. The second-order valence-electron chi connectivity index (χ2n) is 6.87. The van der Waals surface area contributed by atoms with E-state index in [1.165, 1.54) is 4.88 Å². The minimum Gasteiger partial charge on any atom is -0.372 e. The van der Waals surface area contributed by atoms with Crippen molar-refractivity contribution < 1.29 is 9.53 Å². The van der Waals surface area contributed by atoms with Crippen LogP contribution in [0, 0.1) is 0 Å². The Hall–Kier alpha value is -1.65. The lowest BCUT2D eigenvalue weighted by atomic mass is 9.82. The van der Waals surface area contributed by atoms with E-state index in [1.54, 1.807) is 18.4 Å². The first-order valence-electron chi connectivity index (χ1n) is 9.10. The Balaban J connectivity index is 1.80. The molecule has 1 aliphatic carbocycles. The van der Waals surface area contributed by atoms with Gasteiger partial charge in [0.05, 0.1) is 12.0 Å². The number of amides is 1. The maximum absolute atomic E-state index is 13.2. The van der Waals surface area contributed by atoms with Crippen LogP contribution in [0.25, 0.3) is 0 Å². The van der Waals surface area contributed by atoms with E-state index in [4.69, 9.17) is 4.74 Å². The number of hydrogen-bond donors (Lipinski definition) is 1. The van der Waals surface area contributed by atoms with Gasteiger partial charge in [-0.25, -0.2) is 0 Å². The van der Waals surface area contributed by atoms with Gasteiger partial charge in [0.2, 0.25) is 5.91 Å². The van der Waals surface area contributed by atoms with Crippen molar-refractivity contribution in [3.05, 3.63) is 58.3 Å². The van der Waals surface area contributed by atoms with Crippen molar-refractivity contribution in [3.8, 4) is 0 Å². The van der Waals surface area contributed by atoms with Crippen LogP contribution >= 0.6 is 11.3 Å². The highest BCUT2D eigenvalue weighted by Gasteiger charge is 2.44. The van der Waals surface area contributed by atoms with E-state index in [-0.39, 0.29) is 11.3 Å². The first kappa shape index (κ1) is 18.2. The van der Waals surface area contributed by atoms with Crippen LogP contribution in [0.4, 0.5) is 0 Å². The molecular formula is C21H27NO2S. The molecule has 2 aromatic rings. The summed E-state index contributed by atoms with van der Waals surface area (Å²) >= 11 is 1.70. The van der Waals surface area contributed by atoms with Crippen molar-refractivity contribution in [2.45, 2.75) is 50.0 Å². The summed E-state index contributed by atoms with van der Waals surface area (Å²) in [6.45, 7) is 2.60. The minimum absolute atomic E-state index is 0.151. The van der Waals surface area contributed by atoms with Crippen LogP contribution in [0.5, 0.6) is 0 Å². The smallest absolute Gasteiger partial charge is 0.231 e. The zero-order valence-electron chi connectivity index (χ0n) is 15.1. The predicted octanol–water partition coefficient (Wildman–Crippen LogP) is 4.63. The summed E-state index contributed by atoms with van der Waals surface area (Å²) in [5, 5.41) is 5.31. The van der Waals surface area contributed by atoms with Crippen molar-refractivity contribution in [1.29, 1.82) is 0 Å². The maximum Gasteiger partial charge on any atom is 0.231 e. The first-order chi connectivity index (χ1) is 12.2. The molecule has 1 unspecified atom stereocenters. The fraction of sp³-hybridized carbons (Fsp3) is 0.476. The zero-order chi connectivity index (χ0) is 17.8. The van der Waals surface area contributed by atoms with Gasteiger partial charge in [0.25, 0.3) is 0 Å². The van der Waals surface area contributed by atoms with Gasteiger partial charge in [-0.3, -0.25) is 4.79 Å². The number of nitrogens with one attached hydrogen (secondary N) is 1. The van der Waals surface area contributed by atoms with Crippen LogP contribution in [-0.2, 0) is 20.5 Å². The van der Waals surface area contributed by atoms with Gasteiger partial charge in [-0.1, -0.05) is 56.2 Å². The van der Waals surface area contributed by atoms with Crippen molar-refractivity contribution in [3.63, 3.8) is 0 Å². The molecule has 134 valence electrons. The number of benzene rings is 1. The summed E-state index contributed by atoms with van der Waals surface area (Å²) in [5.74, 6) is 0.151. The van der Waals surface area contributed by atoms with Gasteiger partial charge < -0.3 is 10.1 Å². The fourth-order valence-corrected chi connectivity index (χ4v) is 5.00. The molecule has 1 atom stereocenters. The summed E-state index contributed by atoms with van der Waals surface area (Å²) in [5.41, 5.74) is 0.279. The number of thiophene rings is 1. The Morgan fingerprint density at radius 2 is 1.92 bits per heavy atom. The topological polar surface area (TPSA) is 38.3 Å². The number of rotatable bonds is 7. The van der Waals surface area contributed by atoms with Crippen molar-refractivity contribution in [2.75, 3.05) is 13.7 Å². The van der Waals surface area contributed by atoms with Crippen LogP contribution in [0.3, 0.4) is 0 Å². The van der Waals surface area contributed by atoms with Gasteiger partial charge in [-0.15, -0.1) is 11.3 Å². The lowest BCUT2D eigenvalue weighted by Crippen LogP contribution is -2.48. The second-order valence-corrected chi connectivity index (χ2v) is 7.81. The summed E-state index contributed by atoms with van der Waals surface area (Å²) in [4.78, 5) is 14.4. The molecule has 25 heavy (non-hydrogen) atoms. The Labute approximate surface area is 154 Å². The molecule has 1 aliphatic rings. The maximum atomic E-state index is 13.2. The van der Waals surface area contributed by atoms with Gasteiger partial charge in [0.15, 0.2) is 0 Å². The van der Waals surface area contributed by atoms with Gasteiger partial charge in [0.1, 0.15) is 5.60 Å². The molecule has 1 saturated carbocycles. The van der Waals surface area contributed by atoms with E-state index < -0.39 is 5.60 Å². The molecule has 1 heterocycles. The second kappa shape index (κ2) is 7.71. The third-order valence-electron chi connectivity index (χ3n) is 5.68. The molecule has 1 amide bonds.